The molecule has 1 aromatic heterocycles. The topological polar surface area (TPSA) is 66.7 Å². The molecule has 1 fully saturated rings. The van der Waals surface area contributed by atoms with Gasteiger partial charge in [-0.15, -0.1) is 0 Å². The van der Waals surface area contributed by atoms with E-state index < -0.39 is 10.0 Å². The first kappa shape index (κ1) is 20.7. The molecular formula is C22H24FN3O3S. The highest BCUT2D eigenvalue weighted by molar-refractivity contribution is 7.89. The maximum atomic E-state index is 13.1. The zero-order chi connectivity index (χ0) is 21.3. The van der Waals surface area contributed by atoms with E-state index in [9.17, 15) is 12.8 Å². The van der Waals surface area contributed by atoms with Crippen LogP contribution in [0.15, 0.2) is 58.0 Å². The fraction of sp³-hybridized carbons (Fsp3) is 0.318. The SMILES string of the molecule is Cc1ccc(C)c(S(=O)(=O)N2CCN(Cc3coc(-c4ccc(F)cc4)n3)CC2)c1. The van der Waals surface area contributed by atoms with E-state index in [0.29, 0.717) is 49.1 Å². The summed E-state index contributed by atoms with van der Waals surface area (Å²) < 4.78 is 46.3. The molecule has 1 saturated heterocycles. The van der Waals surface area contributed by atoms with Gasteiger partial charge in [0.1, 0.15) is 12.1 Å². The molecule has 30 heavy (non-hydrogen) atoms. The molecule has 6 nitrogen and oxygen atoms in total. The van der Waals surface area contributed by atoms with Crippen molar-refractivity contribution in [3.05, 3.63) is 71.4 Å². The second-order valence-electron chi connectivity index (χ2n) is 7.60. The van der Waals surface area contributed by atoms with Gasteiger partial charge in [0, 0.05) is 38.3 Å². The summed E-state index contributed by atoms with van der Waals surface area (Å²) in [7, 11) is -3.51. The highest BCUT2D eigenvalue weighted by atomic mass is 32.2. The highest BCUT2D eigenvalue weighted by Crippen LogP contribution is 2.23. The van der Waals surface area contributed by atoms with Crippen LogP contribution in [-0.2, 0) is 16.6 Å². The van der Waals surface area contributed by atoms with Gasteiger partial charge in [-0.05, 0) is 55.3 Å². The molecule has 0 amide bonds. The van der Waals surface area contributed by atoms with E-state index in [1.807, 2.05) is 26.0 Å². The largest absolute Gasteiger partial charge is 0.444 e. The molecule has 8 heteroatoms. The Labute approximate surface area is 176 Å². The van der Waals surface area contributed by atoms with Crippen molar-refractivity contribution in [3.63, 3.8) is 0 Å². The van der Waals surface area contributed by atoms with Crippen molar-refractivity contribution in [2.75, 3.05) is 26.2 Å². The van der Waals surface area contributed by atoms with Crippen molar-refractivity contribution in [2.45, 2.75) is 25.3 Å². The number of sulfonamides is 1. The van der Waals surface area contributed by atoms with Crippen molar-refractivity contribution < 1.29 is 17.2 Å². The number of halogens is 1. The van der Waals surface area contributed by atoms with Gasteiger partial charge in [0.2, 0.25) is 15.9 Å². The van der Waals surface area contributed by atoms with E-state index in [2.05, 4.69) is 9.88 Å². The molecule has 3 aromatic rings. The van der Waals surface area contributed by atoms with Crippen molar-refractivity contribution in [1.29, 1.82) is 0 Å². The number of aryl methyl sites for hydroxylation is 2. The van der Waals surface area contributed by atoms with Crippen LogP contribution in [0.4, 0.5) is 4.39 Å². The molecule has 0 atom stereocenters. The van der Waals surface area contributed by atoms with Crippen molar-refractivity contribution in [3.8, 4) is 11.5 Å². The first-order valence-electron chi connectivity index (χ1n) is 9.83. The lowest BCUT2D eigenvalue weighted by molar-refractivity contribution is 0.180. The van der Waals surface area contributed by atoms with Crippen LogP contribution in [0.5, 0.6) is 0 Å². The number of rotatable bonds is 5. The third-order valence-corrected chi connectivity index (χ3v) is 7.36. The Bertz CT molecular complexity index is 1130. The Hall–Kier alpha value is -2.55. The maximum absolute atomic E-state index is 13.1. The molecule has 0 radical (unpaired) electrons. The monoisotopic (exact) mass is 429 g/mol. The number of oxazole rings is 1. The molecular weight excluding hydrogens is 405 g/mol. The van der Waals surface area contributed by atoms with E-state index in [4.69, 9.17) is 4.42 Å². The predicted octanol–water partition coefficient (Wildman–Crippen LogP) is 3.60. The lowest BCUT2D eigenvalue weighted by atomic mass is 10.2. The molecule has 0 N–H and O–H groups in total. The molecule has 2 aromatic carbocycles. The number of hydrogen-bond donors (Lipinski definition) is 0. The van der Waals surface area contributed by atoms with E-state index in [1.165, 1.54) is 12.1 Å². The van der Waals surface area contributed by atoms with Crippen LogP contribution in [0.1, 0.15) is 16.8 Å². The maximum Gasteiger partial charge on any atom is 0.243 e. The van der Waals surface area contributed by atoms with E-state index >= 15 is 0 Å². The molecule has 0 bridgehead atoms. The van der Waals surface area contributed by atoms with Crippen LogP contribution in [0.25, 0.3) is 11.5 Å². The van der Waals surface area contributed by atoms with E-state index in [1.54, 1.807) is 28.8 Å². The molecule has 0 aliphatic carbocycles. The van der Waals surface area contributed by atoms with Gasteiger partial charge < -0.3 is 4.42 Å². The Morgan fingerprint density at radius 1 is 1.03 bits per heavy atom. The van der Waals surface area contributed by atoms with Crippen molar-refractivity contribution in [2.24, 2.45) is 0 Å². The number of nitrogens with zero attached hydrogens (tertiary/aromatic N) is 3. The minimum atomic E-state index is -3.51. The van der Waals surface area contributed by atoms with Gasteiger partial charge in [-0.1, -0.05) is 12.1 Å². The second-order valence-corrected chi connectivity index (χ2v) is 9.51. The molecule has 0 spiro atoms. The minimum absolute atomic E-state index is 0.306. The standard InChI is InChI=1S/C22H24FN3O3S/c1-16-3-4-17(2)21(13-16)30(27,28)26-11-9-25(10-12-26)14-20-15-29-22(24-20)18-5-7-19(23)8-6-18/h3-8,13,15H,9-12,14H2,1-2H3. The summed E-state index contributed by atoms with van der Waals surface area (Å²) in [6.07, 6.45) is 1.60. The highest BCUT2D eigenvalue weighted by Gasteiger charge is 2.30. The third-order valence-electron chi connectivity index (χ3n) is 5.32. The number of aromatic nitrogens is 1. The van der Waals surface area contributed by atoms with Crippen LogP contribution < -0.4 is 0 Å². The quantitative estimate of drug-likeness (QED) is 0.620. The van der Waals surface area contributed by atoms with Crippen molar-refractivity contribution >= 4 is 10.0 Å². The Morgan fingerprint density at radius 3 is 2.43 bits per heavy atom. The predicted molar refractivity (Wildman–Crippen MR) is 112 cm³/mol. The summed E-state index contributed by atoms with van der Waals surface area (Å²) in [5, 5.41) is 0. The van der Waals surface area contributed by atoms with E-state index in [-0.39, 0.29) is 5.82 Å². The smallest absolute Gasteiger partial charge is 0.243 e. The summed E-state index contributed by atoms with van der Waals surface area (Å²) in [4.78, 5) is 7.02. The summed E-state index contributed by atoms with van der Waals surface area (Å²) in [6.45, 7) is 6.38. The number of benzene rings is 2. The second kappa shape index (κ2) is 8.29. The minimum Gasteiger partial charge on any atom is -0.444 e. The normalized spacial score (nSPS) is 16.1. The van der Waals surface area contributed by atoms with Gasteiger partial charge in [0.05, 0.1) is 10.6 Å². The average molecular weight is 430 g/mol. The summed E-state index contributed by atoms with van der Waals surface area (Å²) in [5.41, 5.74) is 3.17. The molecule has 1 aliphatic heterocycles. The first-order valence-corrected chi connectivity index (χ1v) is 11.3. The van der Waals surface area contributed by atoms with Crippen LogP contribution >= 0.6 is 0 Å². The number of piperazine rings is 1. The fourth-order valence-corrected chi connectivity index (χ4v) is 5.32. The van der Waals surface area contributed by atoms with Gasteiger partial charge in [-0.2, -0.15) is 4.31 Å². The van der Waals surface area contributed by atoms with Crippen LogP contribution in [0, 0.1) is 19.7 Å². The molecule has 4 rings (SSSR count). The zero-order valence-electron chi connectivity index (χ0n) is 17.0. The van der Waals surface area contributed by atoms with Gasteiger partial charge in [0.15, 0.2) is 0 Å². The van der Waals surface area contributed by atoms with Crippen LogP contribution in [0.3, 0.4) is 0 Å². The Balaban J connectivity index is 1.39. The van der Waals surface area contributed by atoms with Gasteiger partial charge in [0.25, 0.3) is 0 Å². The molecule has 158 valence electrons. The summed E-state index contributed by atoms with van der Waals surface area (Å²) >= 11 is 0. The van der Waals surface area contributed by atoms with Gasteiger partial charge in [-0.25, -0.2) is 17.8 Å². The van der Waals surface area contributed by atoms with Crippen molar-refractivity contribution in [1.82, 2.24) is 14.2 Å². The fourth-order valence-electron chi connectivity index (χ4n) is 3.59. The third kappa shape index (κ3) is 4.30. The zero-order valence-corrected chi connectivity index (χ0v) is 17.8. The Kier molecular flexibility index (Phi) is 5.73. The van der Waals surface area contributed by atoms with Crippen LogP contribution in [0.2, 0.25) is 0 Å². The van der Waals surface area contributed by atoms with Gasteiger partial charge in [-0.3, -0.25) is 4.90 Å². The lowest BCUT2D eigenvalue weighted by Crippen LogP contribution is -2.48. The van der Waals surface area contributed by atoms with E-state index in [0.717, 1.165) is 16.8 Å². The number of hydrogen-bond acceptors (Lipinski definition) is 5. The lowest BCUT2D eigenvalue weighted by Gasteiger charge is -2.33. The molecule has 0 unspecified atom stereocenters. The summed E-state index contributed by atoms with van der Waals surface area (Å²) in [5.74, 6) is 0.139. The Morgan fingerprint density at radius 2 is 1.73 bits per heavy atom. The first-order chi connectivity index (χ1) is 14.3. The summed E-state index contributed by atoms with van der Waals surface area (Å²) in [6, 6.07) is 11.5. The molecule has 2 heterocycles. The molecule has 1 aliphatic rings. The van der Waals surface area contributed by atoms with Gasteiger partial charge >= 0.3 is 0 Å². The molecule has 0 saturated carbocycles. The average Bonchev–Trinajstić information content (AvgIpc) is 3.19. The van der Waals surface area contributed by atoms with Crippen LogP contribution in [-0.4, -0.2) is 48.8 Å².